The summed E-state index contributed by atoms with van der Waals surface area (Å²) >= 11 is 0. The van der Waals surface area contributed by atoms with Gasteiger partial charge in [-0.25, -0.2) is 0 Å². The lowest BCUT2D eigenvalue weighted by Gasteiger charge is -2.16. The predicted molar refractivity (Wildman–Crippen MR) is 189 cm³/mol. The molecule has 0 bridgehead atoms. The van der Waals surface area contributed by atoms with Crippen molar-refractivity contribution in [1.82, 2.24) is 0 Å². The average Bonchev–Trinajstić information content (AvgIpc) is 3.02. The molecule has 0 heterocycles. The average molecular weight is 624 g/mol. The molecule has 0 aliphatic heterocycles. The van der Waals surface area contributed by atoms with Gasteiger partial charge in [0.05, 0.1) is 0 Å². The Hall–Kier alpha value is -1.10. The number of unbranched alkanes of at least 4 members (excludes halogenated alkanes) is 28. The maximum Gasteiger partial charge on any atom is 0.306 e. The van der Waals surface area contributed by atoms with E-state index in [0.29, 0.717) is 12.8 Å². The summed E-state index contributed by atoms with van der Waals surface area (Å²) in [6.07, 6.45) is 39.4. The summed E-state index contributed by atoms with van der Waals surface area (Å²) in [6.45, 7) is 4.79. The molecule has 0 aliphatic carbocycles. The van der Waals surface area contributed by atoms with Gasteiger partial charge < -0.3 is 15.2 Å². The van der Waals surface area contributed by atoms with Gasteiger partial charge in [-0.1, -0.05) is 194 Å². The molecule has 0 aromatic carbocycles. The zero-order valence-electron chi connectivity index (χ0n) is 29.8. The minimum Gasteiger partial charge on any atom is -0.462 e. The fraction of sp³-hybridized carbons (Fsp3) is 0.949. The molecule has 0 spiro atoms. The van der Waals surface area contributed by atoms with Gasteiger partial charge in [-0.05, 0) is 12.8 Å². The van der Waals surface area contributed by atoms with Crippen molar-refractivity contribution in [3.63, 3.8) is 0 Å². The molecule has 1 atom stereocenters. The topological polar surface area (TPSA) is 78.6 Å². The minimum atomic E-state index is -0.538. The van der Waals surface area contributed by atoms with Crippen molar-refractivity contribution in [2.45, 2.75) is 225 Å². The number of carbonyl (C=O) groups is 2. The SMILES string of the molecule is CCCCCCCCCCCCCCCCCC(=O)OCC(CN)OC(=O)CCCCCCCCCCCCCCCCC. The summed E-state index contributed by atoms with van der Waals surface area (Å²) < 4.78 is 10.8. The first-order valence-electron chi connectivity index (χ1n) is 19.7. The van der Waals surface area contributed by atoms with Gasteiger partial charge in [-0.2, -0.15) is 0 Å². The van der Waals surface area contributed by atoms with Crippen molar-refractivity contribution in [3.8, 4) is 0 Å². The zero-order valence-corrected chi connectivity index (χ0v) is 29.8. The smallest absolute Gasteiger partial charge is 0.306 e. The van der Waals surface area contributed by atoms with E-state index < -0.39 is 6.10 Å². The number of rotatable bonds is 36. The van der Waals surface area contributed by atoms with Gasteiger partial charge in [0.2, 0.25) is 0 Å². The van der Waals surface area contributed by atoms with Crippen molar-refractivity contribution < 1.29 is 19.1 Å². The van der Waals surface area contributed by atoms with Gasteiger partial charge in [-0.3, -0.25) is 9.59 Å². The van der Waals surface area contributed by atoms with E-state index >= 15 is 0 Å². The number of esters is 2. The van der Waals surface area contributed by atoms with Crippen LogP contribution in [-0.4, -0.2) is 31.2 Å². The molecule has 1 unspecified atom stereocenters. The molecule has 0 saturated carbocycles. The highest BCUT2D eigenvalue weighted by Gasteiger charge is 2.15. The van der Waals surface area contributed by atoms with Crippen LogP contribution in [0.4, 0.5) is 0 Å². The van der Waals surface area contributed by atoms with Crippen molar-refractivity contribution in [1.29, 1.82) is 0 Å². The van der Waals surface area contributed by atoms with Crippen LogP contribution in [0.15, 0.2) is 0 Å². The summed E-state index contributed by atoms with van der Waals surface area (Å²) in [4.78, 5) is 24.3. The van der Waals surface area contributed by atoms with Crippen molar-refractivity contribution in [3.05, 3.63) is 0 Å². The highest BCUT2D eigenvalue weighted by atomic mass is 16.6. The summed E-state index contributed by atoms with van der Waals surface area (Å²) in [5.41, 5.74) is 5.76. The third-order valence-electron chi connectivity index (χ3n) is 8.96. The van der Waals surface area contributed by atoms with Gasteiger partial charge in [-0.15, -0.1) is 0 Å². The second kappa shape index (κ2) is 36.4. The largest absolute Gasteiger partial charge is 0.462 e. The first kappa shape index (κ1) is 42.9. The highest BCUT2D eigenvalue weighted by Crippen LogP contribution is 2.15. The number of carbonyl (C=O) groups excluding carboxylic acids is 2. The first-order valence-corrected chi connectivity index (χ1v) is 19.7. The molecule has 0 saturated heterocycles. The summed E-state index contributed by atoms with van der Waals surface area (Å²) in [5.74, 6) is -0.440. The third-order valence-corrected chi connectivity index (χ3v) is 8.96. The molecule has 0 fully saturated rings. The molecule has 0 rings (SSSR count). The van der Waals surface area contributed by atoms with Crippen LogP contribution in [0, 0.1) is 0 Å². The fourth-order valence-corrected chi connectivity index (χ4v) is 5.93. The van der Waals surface area contributed by atoms with Crippen LogP contribution in [0.3, 0.4) is 0 Å². The zero-order chi connectivity index (χ0) is 32.2. The van der Waals surface area contributed by atoms with E-state index in [1.807, 2.05) is 0 Å². The van der Waals surface area contributed by atoms with E-state index in [1.54, 1.807) is 0 Å². The molecule has 5 nitrogen and oxygen atoms in total. The molecular weight excluding hydrogens is 546 g/mol. The van der Waals surface area contributed by atoms with E-state index in [-0.39, 0.29) is 25.1 Å². The highest BCUT2D eigenvalue weighted by molar-refractivity contribution is 5.70. The Morgan fingerprint density at radius 1 is 0.432 bits per heavy atom. The lowest BCUT2D eigenvalue weighted by atomic mass is 10.0. The van der Waals surface area contributed by atoms with Gasteiger partial charge in [0.1, 0.15) is 12.7 Å². The van der Waals surface area contributed by atoms with E-state index in [0.717, 1.165) is 25.7 Å². The lowest BCUT2D eigenvalue weighted by molar-refractivity contribution is -0.158. The van der Waals surface area contributed by atoms with E-state index in [4.69, 9.17) is 15.2 Å². The Labute approximate surface area is 274 Å². The summed E-state index contributed by atoms with van der Waals surface area (Å²) in [6, 6.07) is 0. The Morgan fingerprint density at radius 2 is 0.705 bits per heavy atom. The molecular formula is C39H77NO4. The van der Waals surface area contributed by atoms with E-state index in [1.165, 1.54) is 167 Å². The van der Waals surface area contributed by atoms with Crippen LogP contribution in [-0.2, 0) is 19.1 Å². The van der Waals surface area contributed by atoms with Crippen LogP contribution < -0.4 is 5.73 Å². The maximum atomic E-state index is 12.2. The standard InChI is InChI=1S/C39H77NO4/c1-3-5-7-9-11-13-15-17-19-21-23-25-27-29-31-33-38(41)43-36-37(35-40)44-39(42)34-32-30-28-26-24-22-20-18-16-14-12-10-8-6-4-2/h37H,3-36,40H2,1-2H3. The second-order valence-corrected chi connectivity index (χ2v) is 13.4. The summed E-state index contributed by atoms with van der Waals surface area (Å²) in [5, 5.41) is 0. The van der Waals surface area contributed by atoms with E-state index in [9.17, 15) is 9.59 Å². The van der Waals surface area contributed by atoms with E-state index in [2.05, 4.69) is 13.8 Å². The number of nitrogens with two attached hydrogens (primary N) is 1. The number of hydrogen-bond donors (Lipinski definition) is 1. The molecule has 0 aromatic heterocycles. The van der Waals surface area contributed by atoms with Gasteiger partial charge >= 0.3 is 11.9 Å². The Morgan fingerprint density at radius 3 is 1.00 bits per heavy atom. The van der Waals surface area contributed by atoms with Crippen LogP contribution >= 0.6 is 0 Å². The molecule has 5 heteroatoms. The normalized spacial score (nSPS) is 12.0. The fourth-order valence-electron chi connectivity index (χ4n) is 5.93. The quantitative estimate of drug-likeness (QED) is 0.0555. The molecule has 44 heavy (non-hydrogen) atoms. The molecule has 262 valence electrons. The minimum absolute atomic E-state index is 0.0681. The molecule has 0 aromatic rings. The van der Waals surface area contributed by atoms with Gasteiger partial charge in [0, 0.05) is 19.4 Å². The van der Waals surface area contributed by atoms with Crippen molar-refractivity contribution in [2.24, 2.45) is 5.73 Å². The van der Waals surface area contributed by atoms with Crippen LogP contribution in [0.25, 0.3) is 0 Å². The Kier molecular flexibility index (Phi) is 35.5. The Bertz CT molecular complexity index is 597. The first-order chi connectivity index (χ1) is 21.6. The molecule has 2 N–H and O–H groups in total. The van der Waals surface area contributed by atoms with Gasteiger partial charge in [0.15, 0.2) is 0 Å². The number of hydrogen-bond acceptors (Lipinski definition) is 5. The van der Waals surface area contributed by atoms with Crippen LogP contribution in [0.1, 0.15) is 219 Å². The number of ether oxygens (including phenoxy) is 2. The maximum absolute atomic E-state index is 12.2. The second-order valence-electron chi connectivity index (χ2n) is 13.4. The third kappa shape index (κ3) is 33.8. The van der Waals surface area contributed by atoms with Crippen LogP contribution in [0.2, 0.25) is 0 Å². The monoisotopic (exact) mass is 624 g/mol. The van der Waals surface area contributed by atoms with Crippen molar-refractivity contribution >= 4 is 11.9 Å². The van der Waals surface area contributed by atoms with Crippen molar-refractivity contribution in [2.75, 3.05) is 13.2 Å². The molecule has 0 radical (unpaired) electrons. The Balaban J connectivity index is 3.49. The summed E-state index contributed by atoms with van der Waals surface area (Å²) in [7, 11) is 0. The molecule has 0 amide bonds. The lowest BCUT2D eigenvalue weighted by Crippen LogP contribution is -2.32. The van der Waals surface area contributed by atoms with Crippen LogP contribution in [0.5, 0.6) is 0 Å². The predicted octanol–water partition coefficient (Wildman–Crippen LogP) is 11.9. The molecule has 0 aliphatic rings. The van der Waals surface area contributed by atoms with Gasteiger partial charge in [0.25, 0.3) is 0 Å².